The van der Waals surface area contributed by atoms with Gasteiger partial charge in [-0.05, 0) is 76.5 Å². The van der Waals surface area contributed by atoms with Crippen molar-refractivity contribution in [3.05, 3.63) is 53.9 Å². The zero-order valence-corrected chi connectivity index (χ0v) is 31.5. The molecule has 3 atom stereocenters. The van der Waals surface area contributed by atoms with Gasteiger partial charge >= 0.3 is 6.03 Å². The molecule has 280 valence electrons. The molecule has 0 bridgehead atoms. The van der Waals surface area contributed by atoms with Crippen LogP contribution in [-0.2, 0) is 19.6 Å². The molecule has 3 aliphatic rings. The zero-order valence-electron chi connectivity index (χ0n) is 30.7. The highest BCUT2D eigenvalue weighted by molar-refractivity contribution is 7.91. The predicted molar refractivity (Wildman–Crippen MR) is 196 cm³/mol. The van der Waals surface area contributed by atoms with Gasteiger partial charge in [-0.1, -0.05) is 26.0 Å². The number of pyridine rings is 1. The maximum absolute atomic E-state index is 14.0. The number of aromatic nitrogens is 3. The molecule has 3 aromatic rings. The van der Waals surface area contributed by atoms with Crippen LogP contribution in [0.5, 0.6) is 11.5 Å². The first-order chi connectivity index (χ1) is 24.7. The monoisotopic (exact) mass is 735 g/mol. The van der Waals surface area contributed by atoms with E-state index in [0.717, 1.165) is 35.9 Å². The molecule has 2 saturated carbocycles. The number of rotatable bonds is 10. The van der Waals surface area contributed by atoms with Gasteiger partial charge in [0, 0.05) is 49.1 Å². The Balaban J connectivity index is 1.27. The maximum atomic E-state index is 14.0. The average Bonchev–Trinajstić information content (AvgIpc) is 3.96. The van der Waals surface area contributed by atoms with Gasteiger partial charge in [0.25, 0.3) is 5.91 Å². The topological polar surface area (TPSA) is 174 Å². The van der Waals surface area contributed by atoms with Crippen LogP contribution >= 0.6 is 0 Å². The number of carbonyl (C=O) groups excluding carboxylic acids is 3. The Morgan fingerprint density at radius 2 is 1.92 bits per heavy atom. The number of fused-ring (bicyclic) bond motifs is 2. The summed E-state index contributed by atoms with van der Waals surface area (Å²) in [6, 6.07) is 5.89. The largest absolute Gasteiger partial charge is 0.496 e. The van der Waals surface area contributed by atoms with E-state index in [4.69, 9.17) is 19.6 Å². The number of benzene rings is 1. The van der Waals surface area contributed by atoms with Gasteiger partial charge in [-0.25, -0.2) is 22.9 Å². The zero-order chi connectivity index (χ0) is 37.4. The van der Waals surface area contributed by atoms with E-state index in [9.17, 15) is 22.8 Å². The molecule has 0 spiro atoms. The number of ether oxygens (including phenoxy) is 2. The molecule has 0 unspecified atom stereocenters. The van der Waals surface area contributed by atoms with Crippen molar-refractivity contribution in [3.63, 3.8) is 0 Å². The molecule has 1 aliphatic heterocycles. The number of nitrogens with one attached hydrogen (secondary N) is 3. The Labute approximate surface area is 304 Å². The Morgan fingerprint density at radius 1 is 1.15 bits per heavy atom. The van der Waals surface area contributed by atoms with Crippen LogP contribution in [0.25, 0.3) is 16.7 Å². The minimum Gasteiger partial charge on any atom is -0.496 e. The van der Waals surface area contributed by atoms with Gasteiger partial charge in [-0.15, -0.1) is 0 Å². The molecular formula is C37H49N7O7S. The van der Waals surface area contributed by atoms with E-state index in [1.54, 1.807) is 31.8 Å². The second-order valence-electron chi connectivity index (χ2n) is 14.7. The van der Waals surface area contributed by atoms with E-state index >= 15 is 0 Å². The number of nitrogens with zero attached hydrogens (tertiary/aromatic N) is 4. The van der Waals surface area contributed by atoms with E-state index in [-0.39, 0.29) is 25.4 Å². The normalized spacial score (nSPS) is 23.9. The molecule has 0 radical (unpaired) electrons. The molecule has 52 heavy (non-hydrogen) atoms. The van der Waals surface area contributed by atoms with Crippen LogP contribution in [0.1, 0.15) is 82.9 Å². The molecule has 15 heteroatoms. The van der Waals surface area contributed by atoms with Crippen molar-refractivity contribution in [2.45, 2.75) is 94.9 Å². The highest BCUT2D eigenvalue weighted by Gasteiger charge is 2.62. The minimum absolute atomic E-state index is 0.0112. The van der Waals surface area contributed by atoms with Crippen molar-refractivity contribution in [3.8, 4) is 17.3 Å². The van der Waals surface area contributed by atoms with Crippen LogP contribution in [-0.4, -0.2) is 89.6 Å². The number of allylic oxidation sites excluding steroid dienone is 1. The Hall–Kier alpha value is -4.66. The first-order valence-corrected chi connectivity index (χ1v) is 19.4. The molecule has 14 nitrogen and oxygen atoms in total. The van der Waals surface area contributed by atoms with Crippen molar-refractivity contribution in [2.75, 3.05) is 27.3 Å². The molecule has 3 N–H and O–H groups in total. The summed E-state index contributed by atoms with van der Waals surface area (Å²) in [5.74, 6) is 0.151. The maximum Gasteiger partial charge on any atom is 0.317 e. The molecule has 2 fully saturated rings. The molecule has 6 rings (SSSR count). The summed E-state index contributed by atoms with van der Waals surface area (Å²) in [5, 5.41) is 11.1. The quantitative estimate of drug-likeness (QED) is 0.257. The SMILES string of the molecule is COc1ccc2c(OCC[C@@H]3NC(=O)N(C)CCCC/C=C\[C@@H]4C[C@@]4(C(=O)NS(=O)(=O)C4(C)CC4)NC3=O)cc(-n3ccc(C(C)C)n3)nc2c1C. The summed E-state index contributed by atoms with van der Waals surface area (Å²) in [6.45, 7) is 8.15. The van der Waals surface area contributed by atoms with Gasteiger partial charge in [0.2, 0.25) is 15.9 Å². The molecule has 0 saturated heterocycles. The molecule has 2 aliphatic carbocycles. The van der Waals surface area contributed by atoms with Crippen molar-refractivity contribution >= 4 is 38.8 Å². The van der Waals surface area contributed by atoms with Gasteiger partial charge in [-0.2, -0.15) is 5.10 Å². The van der Waals surface area contributed by atoms with Crippen molar-refractivity contribution in [2.24, 2.45) is 5.92 Å². The van der Waals surface area contributed by atoms with Crippen LogP contribution in [0.3, 0.4) is 0 Å². The second kappa shape index (κ2) is 14.4. The highest BCUT2D eigenvalue weighted by Crippen LogP contribution is 2.47. The van der Waals surface area contributed by atoms with Gasteiger partial charge in [0.05, 0.1) is 29.7 Å². The first-order valence-electron chi connectivity index (χ1n) is 17.9. The number of hydrogen-bond acceptors (Lipinski definition) is 9. The van der Waals surface area contributed by atoms with Crippen LogP contribution in [0.4, 0.5) is 4.79 Å². The summed E-state index contributed by atoms with van der Waals surface area (Å²) >= 11 is 0. The van der Waals surface area contributed by atoms with Crippen LogP contribution in [0.2, 0.25) is 0 Å². The standard InChI is InChI=1S/C37H49N7O7S/c1-23(2)27-14-19-44(41-27)31-21-30(26-12-13-29(50-6)24(3)32(26)39-31)51-20-15-28-33(45)40-37(34(46)42-52(48,49)36(4)16-17-36)22-25(37)11-9-7-8-10-18-43(5)35(47)38-28/h9,11-14,19,21,23,25,28H,7-8,10,15-18,20,22H2,1-6H3,(H,38,47)(H,40,45)(H,42,46)/b11-9-/t25-,28+,37-/m1/s1. The fourth-order valence-corrected chi connectivity index (χ4v) is 7.77. The number of hydrogen-bond donors (Lipinski definition) is 3. The van der Waals surface area contributed by atoms with Crippen molar-refractivity contribution in [1.29, 1.82) is 0 Å². The lowest BCUT2D eigenvalue weighted by Gasteiger charge is -2.26. The minimum atomic E-state index is -3.94. The number of methoxy groups -OCH3 is 1. The lowest BCUT2D eigenvalue weighted by atomic mass is 10.1. The summed E-state index contributed by atoms with van der Waals surface area (Å²) in [4.78, 5) is 47.4. The summed E-state index contributed by atoms with van der Waals surface area (Å²) in [7, 11) is -0.679. The number of aryl methyl sites for hydroxylation is 1. The average molecular weight is 736 g/mol. The Morgan fingerprint density at radius 3 is 2.62 bits per heavy atom. The molecular weight excluding hydrogens is 687 g/mol. The van der Waals surface area contributed by atoms with E-state index in [2.05, 4.69) is 29.2 Å². The van der Waals surface area contributed by atoms with E-state index < -0.39 is 50.1 Å². The third-order valence-corrected chi connectivity index (χ3v) is 12.7. The molecule has 1 aromatic carbocycles. The number of urea groups is 1. The lowest BCUT2D eigenvalue weighted by Crippen LogP contribution is -2.58. The smallest absolute Gasteiger partial charge is 0.317 e. The number of carbonyl (C=O) groups is 3. The third-order valence-electron chi connectivity index (χ3n) is 10.5. The van der Waals surface area contributed by atoms with Gasteiger partial charge in [0.1, 0.15) is 23.1 Å². The summed E-state index contributed by atoms with van der Waals surface area (Å²) < 4.78 is 40.9. The van der Waals surface area contributed by atoms with Gasteiger partial charge in [-0.3, -0.25) is 14.3 Å². The lowest BCUT2D eigenvalue weighted by molar-refractivity contribution is -0.130. The molecule has 4 amide bonds. The van der Waals surface area contributed by atoms with Gasteiger partial charge < -0.3 is 25.0 Å². The molecule has 2 aromatic heterocycles. The fourth-order valence-electron chi connectivity index (χ4n) is 6.46. The second-order valence-corrected chi connectivity index (χ2v) is 16.9. The summed E-state index contributed by atoms with van der Waals surface area (Å²) in [6.07, 6.45) is 9.19. The van der Waals surface area contributed by atoms with Crippen LogP contribution < -0.4 is 24.8 Å². The third kappa shape index (κ3) is 7.46. The van der Waals surface area contributed by atoms with Crippen LogP contribution in [0, 0.1) is 12.8 Å². The van der Waals surface area contributed by atoms with E-state index in [1.165, 1.54) is 4.90 Å². The Kier molecular flexibility index (Phi) is 10.3. The first kappa shape index (κ1) is 37.1. The van der Waals surface area contributed by atoms with Crippen molar-refractivity contribution in [1.82, 2.24) is 35.0 Å². The molecule has 3 heterocycles. The number of sulfonamides is 1. The van der Waals surface area contributed by atoms with E-state index in [1.807, 2.05) is 43.5 Å². The van der Waals surface area contributed by atoms with E-state index in [0.29, 0.717) is 42.2 Å². The fraction of sp³-hybridized carbons (Fsp3) is 0.541. The van der Waals surface area contributed by atoms with Crippen LogP contribution in [0.15, 0.2) is 42.6 Å². The summed E-state index contributed by atoms with van der Waals surface area (Å²) in [5.41, 5.74) is 0.927. The van der Waals surface area contributed by atoms with Crippen molar-refractivity contribution < 1.29 is 32.3 Å². The Bertz CT molecular complexity index is 2010. The number of amides is 4. The predicted octanol–water partition coefficient (Wildman–Crippen LogP) is 4.25. The highest BCUT2D eigenvalue weighted by atomic mass is 32.2. The van der Waals surface area contributed by atoms with Gasteiger partial charge in [0.15, 0.2) is 5.82 Å².